The van der Waals surface area contributed by atoms with Crippen LogP contribution in [0.5, 0.6) is 0 Å². The number of fused-ring (bicyclic) bond motifs is 1. The Kier molecular flexibility index (Phi) is 2.89. The van der Waals surface area contributed by atoms with Crippen molar-refractivity contribution in [2.24, 2.45) is 5.73 Å². The summed E-state index contributed by atoms with van der Waals surface area (Å²) >= 11 is 0. The van der Waals surface area contributed by atoms with E-state index in [0.29, 0.717) is 11.3 Å². The van der Waals surface area contributed by atoms with Crippen LogP contribution in [-0.2, 0) is 4.79 Å². The number of nitrogens with one attached hydrogen (secondary N) is 1. The Labute approximate surface area is 91.8 Å². The molecule has 0 aliphatic carbocycles. The number of benzene rings is 1. The smallest absolute Gasteiger partial charge is 0.243 e. The van der Waals surface area contributed by atoms with Crippen molar-refractivity contribution in [3.05, 3.63) is 30.5 Å². The molecule has 4 N–H and O–H groups in total. The van der Waals surface area contributed by atoms with Gasteiger partial charge < -0.3 is 20.6 Å². The molecular weight excluding hydrogens is 208 g/mol. The maximum Gasteiger partial charge on any atom is 0.243 e. The van der Waals surface area contributed by atoms with Gasteiger partial charge in [-0.2, -0.15) is 0 Å². The average molecular weight is 220 g/mol. The number of carbonyl (C=O) groups excluding carboxylic acids is 1. The van der Waals surface area contributed by atoms with Gasteiger partial charge in [0.15, 0.2) is 0 Å². The Balaban J connectivity index is 2.25. The molecule has 0 spiro atoms. The fourth-order valence-electron chi connectivity index (χ4n) is 1.38. The van der Waals surface area contributed by atoms with Crippen LogP contribution in [0.25, 0.3) is 11.0 Å². The molecule has 1 aromatic heterocycles. The number of carbonyl (C=O) groups is 1. The SMILES string of the molecule is NC(CO)C(=O)Nc1coc2ccccc12. The predicted octanol–water partition coefficient (Wildman–Crippen LogP) is 0.691. The number of furan rings is 1. The van der Waals surface area contributed by atoms with E-state index in [9.17, 15) is 4.79 Å². The minimum Gasteiger partial charge on any atom is -0.462 e. The standard InChI is InChI=1S/C11H12N2O3/c12-8(5-14)11(15)13-9-6-16-10-4-2-1-3-7(9)10/h1-4,6,8,14H,5,12H2,(H,13,15). The highest BCUT2D eigenvalue weighted by atomic mass is 16.3. The summed E-state index contributed by atoms with van der Waals surface area (Å²) in [7, 11) is 0. The third-order valence-electron chi connectivity index (χ3n) is 2.27. The number of hydrogen-bond donors (Lipinski definition) is 3. The van der Waals surface area contributed by atoms with E-state index in [1.165, 1.54) is 6.26 Å². The van der Waals surface area contributed by atoms with Crippen molar-refractivity contribution in [2.75, 3.05) is 11.9 Å². The number of aliphatic hydroxyl groups excluding tert-OH is 1. The quantitative estimate of drug-likeness (QED) is 0.710. The molecule has 1 aromatic carbocycles. The Morgan fingerprint density at radius 3 is 3.00 bits per heavy atom. The van der Waals surface area contributed by atoms with Gasteiger partial charge >= 0.3 is 0 Å². The monoisotopic (exact) mass is 220 g/mol. The largest absolute Gasteiger partial charge is 0.462 e. The lowest BCUT2D eigenvalue weighted by Gasteiger charge is -2.07. The molecule has 1 unspecified atom stereocenters. The van der Waals surface area contributed by atoms with Gasteiger partial charge in [-0.05, 0) is 12.1 Å². The lowest BCUT2D eigenvalue weighted by Crippen LogP contribution is -2.38. The van der Waals surface area contributed by atoms with E-state index >= 15 is 0 Å². The number of amides is 1. The van der Waals surface area contributed by atoms with Crippen molar-refractivity contribution >= 4 is 22.6 Å². The van der Waals surface area contributed by atoms with Crippen molar-refractivity contribution in [3.8, 4) is 0 Å². The zero-order chi connectivity index (χ0) is 11.5. The molecule has 0 saturated carbocycles. The molecule has 1 atom stereocenters. The summed E-state index contributed by atoms with van der Waals surface area (Å²) in [6.45, 7) is -0.387. The number of nitrogens with two attached hydrogens (primary N) is 1. The van der Waals surface area contributed by atoms with Gasteiger partial charge in [0.2, 0.25) is 5.91 Å². The predicted molar refractivity (Wildman–Crippen MR) is 59.9 cm³/mol. The van der Waals surface area contributed by atoms with Gasteiger partial charge in [-0.1, -0.05) is 12.1 Å². The molecule has 0 fully saturated rings. The molecular formula is C11H12N2O3. The van der Waals surface area contributed by atoms with Crippen molar-refractivity contribution in [2.45, 2.75) is 6.04 Å². The van der Waals surface area contributed by atoms with Crippen LogP contribution in [0.2, 0.25) is 0 Å². The lowest BCUT2D eigenvalue weighted by atomic mass is 10.2. The third kappa shape index (κ3) is 1.91. The molecule has 5 heteroatoms. The summed E-state index contributed by atoms with van der Waals surface area (Å²) in [5.74, 6) is -0.436. The zero-order valence-corrected chi connectivity index (χ0v) is 8.51. The van der Waals surface area contributed by atoms with E-state index in [-0.39, 0.29) is 6.61 Å². The molecule has 0 saturated heterocycles. The van der Waals surface area contributed by atoms with Gasteiger partial charge in [0, 0.05) is 5.39 Å². The summed E-state index contributed by atoms with van der Waals surface area (Å²) in [5.41, 5.74) is 6.63. The van der Waals surface area contributed by atoms with Crippen molar-refractivity contribution in [1.82, 2.24) is 0 Å². The van der Waals surface area contributed by atoms with E-state index in [2.05, 4.69) is 5.32 Å². The molecule has 5 nitrogen and oxygen atoms in total. The second-order valence-electron chi connectivity index (χ2n) is 3.42. The maximum atomic E-state index is 11.4. The first kappa shape index (κ1) is 10.7. The van der Waals surface area contributed by atoms with Gasteiger partial charge in [-0.15, -0.1) is 0 Å². The van der Waals surface area contributed by atoms with E-state index in [4.69, 9.17) is 15.3 Å². The van der Waals surface area contributed by atoms with Crippen LogP contribution in [0.15, 0.2) is 34.9 Å². The van der Waals surface area contributed by atoms with Crippen molar-refractivity contribution in [1.29, 1.82) is 0 Å². The summed E-state index contributed by atoms with van der Waals surface area (Å²) < 4.78 is 5.25. The van der Waals surface area contributed by atoms with Crippen LogP contribution in [0.3, 0.4) is 0 Å². The van der Waals surface area contributed by atoms with Crippen LogP contribution in [-0.4, -0.2) is 23.7 Å². The van der Waals surface area contributed by atoms with E-state index in [0.717, 1.165) is 5.39 Å². The molecule has 16 heavy (non-hydrogen) atoms. The fraction of sp³-hybridized carbons (Fsp3) is 0.182. The van der Waals surface area contributed by atoms with Gasteiger partial charge in [0.1, 0.15) is 17.9 Å². The number of rotatable bonds is 3. The molecule has 2 aromatic rings. The Bertz CT molecular complexity index is 507. The highest BCUT2D eigenvalue weighted by molar-refractivity contribution is 6.02. The van der Waals surface area contributed by atoms with Gasteiger partial charge in [-0.25, -0.2) is 0 Å². The van der Waals surface area contributed by atoms with Crippen molar-refractivity contribution in [3.63, 3.8) is 0 Å². The minimum atomic E-state index is -0.923. The van der Waals surface area contributed by atoms with Crippen LogP contribution >= 0.6 is 0 Å². The lowest BCUT2D eigenvalue weighted by molar-refractivity contribution is -0.118. The molecule has 1 heterocycles. The topological polar surface area (TPSA) is 88.5 Å². The Morgan fingerprint density at radius 2 is 2.25 bits per heavy atom. The van der Waals surface area contributed by atoms with E-state index in [1.807, 2.05) is 18.2 Å². The number of para-hydroxylation sites is 1. The summed E-state index contributed by atoms with van der Waals surface area (Å²) in [4.78, 5) is 11.4. The van der Waals surface area contributed by atoms with E-state index in [1.54, 1.807) is 6.07 Å². The van der Waals surface area contributed by atoms with Gasteiger partial charge in [-0.3, -0.25) is 4.79 Å². The summed E-state index contributed by atoms with van der Waals surface area (Å²) in [6.07, 6.45) is 1.45. The molecule has 0 aliphatic heterocycles. The second kappa shape index (κ2) is 4.34. The highest BCUT2D eigenvalue weighted by Crippen LogP contribution is 2.25. The third-order valence-corrected chi connectivity index (χ3v) is 2.27. The van der Waals surface area contributed by atoms with E-state index < -0.39 is 11.9 Å². The Hall–Kier alpha value is -1.85. The molecule has 2 rings (SSSR count). The summed E-state index contributed by atoms with van der Waals surface area (Å²) in [5, 5.41) is 12.1. The molecule has 0 bridgehead atoms. The van der Waals surface area contributed by atoms with Crippen LogP contribution in [0.4, 0.5) is 5.69 Å². The first-order valence-electron chi connectivity index (χ1n) is 4.86. The number of hydrogen-bond acceptors (Lipinski definition) is 4. The second-order valence-corrected chi connectivity index (χ2v) is 3.42. The number of anilines is 1. The van der Waals surface area contributed by atoms with Gasteiger partial charge in [0.05, 0.1) is 12.3 Å². The zero-order valence-electron chi connectivity index (χ0n) is 8.51. The van der Waals surface area contributed by atoms with Crippen LogP contribution in [0.1, 0.15) is 0 Å². The van der Waals surface area contributed by atoms with Crippen LogP contribution < -0.4 is 11.1 Å². The number of aliphatic hydroxyl groups is 1. The first-order chi connectivity index (χ1) is 7.72. The summed E-state index contributed by atoms with van der Waals surface area (Å²) in [6, 6.07) is 6.40. The minimum absolute atomic E-state index is 0.387. The normalized spacial score (nSPS) is 12.6. The van der Waals surface area contributed by atoms with Crippen LogP contribution in [0, 0.1) is 0 Å². The van der Waals surface area contributed by atoms with Gasteiger partial charge in [0.25, 0.3) is 0 Å². The molecule has 0 radical (unpaired) electrons. The first-order valence-corrected chi connectivity index (χ1v) is 4.86. The van der Waals surface area contributed by atoms with Crippen molar-refractivity contribution < 1.29 is 14.3 Å². The highest BCUT2D eigenvalue weighted by Gasteiger charge is 2.14. The Morgan fingerprint density at radius 1 is 1.50 bits per heavy atom. The molecule has 1 amide bonds. The maximum absolute atomic E-state index is 11.4. The molecule has 84 valence electrons. The fourth-order valence-corrected chi connectivity index (χ4v) is 1.38. The molecule has 0 aliphatic rings. The average Bonchev–Trinajstić information content (AvgIpc) is 2.72.